The number of likely N-dealkylation sites (tertiary alicyclic amines) is 1. The van der Waals surface area contributed by atoms with Gasteiger partial charge in [0.2, 0.25) is 5.91 Å². The Kier molecular flexibility index (Phi) is 6.10. The summed E-state index contributed by atoms with van der Waals surface area (Å²) in [5.74, 6) is 0.149. The molecule has 5 nitrogen and oxygen atoms in total. The summed E-state index contributed by atoms with van der Waals surface area (Å²) in [5.41, 5.74) is 1.79. The number of hydrogen-bond acceptors (Lipinski definition) is 3. The van der Waals surface area contributed by atoms with Crippen molar-refractivity contribution in [3.05, 3.63) is 60.1 Å². The number of hydrogen-bond donors (Lipinski definition) is 1. The molecule has 5 heteroatoms. The Hall–Kier alpha value is -2.56. The van der Waals surface area contributed by atoms with E-state index >= 15 is 0 Å². The van der Waals surface area contributed by atoms with Gasteiger partial charge < -0.3 is 14.6 Å². The third-order valence-corrected chi connectivity index (χ3v) is 5.13. The summed E-state index contributed by atoms with van der Waals surface area (Å²) >= 11 is 0. The van der Waals surface area contributed by atoms with Gasteiger partial charge >= 0.3 is 0 Å². The van der Waals surface area contributed by atoms with Crippen LogP contribution in [-0.2, 0) is 4.79 Å². The molecule has 0 bridgehead atoms. The molecule has 0 aliphatic carbocycles. The summed E-state index contributed by atoms with van der Waals surface area (Å²) in [7, 11) is 0. The number of rotatable bonds is 6. The Morgan fingerprint density at radius 1 is 1.27 bits per heavy atom. The number of carbonyl (C=O) groups excluding carboxylic acids is 2. The second-order valence-corrected chi connectivity index (χ2v) is 6.86. The van der Waals surface area contributed by atoms with Gasteiger partial charge in [0.15, 0.2) is 0 Å². The number of nitrogens with zero attached hydrogens (tertiary/aromatic N) is 1. The summed E-state index contributed by atoms with van der Waals surface area (Å²) in [6, 6.07) is 11.9. The van der Waals surface area contributed by atoms with E-state index in [-0.39, 0.29) is 17.7 Å². The predicted molar refractivity (Wildman–Crippen MR) is 99.8 cm³/mol. The van der Waals surface area contributed by atoms with E-state index < -0.39 is 0 Å². The highest BCUT2D eigenvalue weighted by atomic mass is 16.3. The van der Waals surface area contributed by atoms with Crippen LogP contribution in [0.2, 0.25) is 0 Å². The highest BCUT2D eigenvalue weighted by Crippen LogP contribution is 2.21. The second-order valence-electron chi connectivity index (χ2n) is 6.86. The molecule has 26 heavy (non-hydrogen) atoms. The summed E-state index contributed by atoms with van der Waals surface area (Å²) < 4.78 is 4.99. The van der Waals surface area contributed by atoms with Crippen LogP contribution in [0.1, 0.15) is 48.0 Å². The van der Waals surface area contributed by atoms with Gasteiger partial charge in [-0.2, -0.15) is 0 Å². The van der Waals surface area contributed by atoms with Crippen molar-refractivity contribution in [3.8, 4) is 0 Å². The van der Waals surface area contributed by atoms with Crippen LogP contribution in [0.25, 0.3) is 0 Å². The van der Waals surface area contributed by atoms with E-state index in [1.54, 1.807) is 11.0 Å². The van der Waals surface area contributed by atoms with Crippen molar-refractivity contribution < 1.29 is 14.0 Å². The van der Waals surface area contributed by atoms with E-state index in [0.717, 1.165) is 19.3 Å². The molecule has 2 unspecified atom stereocenters. The fourth-order valence-electron chi connectivity index (χ4n) is 3.54. The zero-order valence-corrected chi connectivity index (χ0v) is 15.2. The van der Waals surface area contributed by atoms with Crippen molar-refractivity contribution in [2.45, 2.75) is 32.1 Å². The Labute approximate surface area is 154 Å². The van der Waals surface area contributed by atoms with Crippen molar-refractivity contribution >= 4 is 11.8 Å². The van der Waals surface area contributed by atoms with Crippen LogP contribution < -0.4 is 5.32 Å². The van der Waals surface area contributed by atoms with Crippen LogP contribution in [0, 0.1) is 5.92 Å². The zero-order chi connectivity index (χ0) is 18.4. The van der Waals surface area contributed by atoms with Gasteiger partial charge in [0, 0.05) is 25.6 Å². The molecule has 1 N–H and O–H groups in total. The van der Waals surface area contributed by atoms with E-state index in [9.17, 15) is 9.59 Å². The minimum atomic E-state index is -0.145. The number of piperidine rings is 1. The maximum absolute atomic E-state index is 12.6. The molecule has 0 saturated carbocycles. The topological polar surface area (TPSA) is 62.6 Å². The average Bonchev–Trinajstić information content (AvgIpc) is 3.23. The smallest absolute Gasteiger partial charge is 0.257 e. The summed E-state index contributed by atoms with van der Waals surface area (Å²) in [6.45, 7) is 3.93. The van der Waals surface area contributed by atoms with Crippen LogP contribution in [-0.4, -0.2) is 36.3 Å². The number of benzene rings is 1. The number of amides is 2. The van der Waals surface area contributed by atoms with Crippen molar-refractivity contribution in [1.29, 1.82) is 0 Å². The van der Waals surface area contributed by atoms with E-state index in [0.29, 0.717) is 31.1 Å². The molecular weight excluding hydrogens is 328 g/mol. The van der Waals surface area contributed by atoms with Gasteiger partial charge in [0.05, 0.1) is 17.7 Å². The van der Waals surface area contributed by atoms with Crippen LogP contribution in [0.15, 0.2) is 53.3 Å². The number of nitrogens with one attached hydrogen (secondary N) is 1. The van der Waals surface area contributed by atoms with E-state index in [4.69, 9.17) is 4.42 Å². The standard InChI is InChI=1S/C21H26N2O3/c1-2-16(17-7-4-3-5-8-17)13-22-20(24)18-9-6-11-23(14-18)21(25)19-10-12-26-15-19/h3-5,7-8,10,12,15-16,18H,2,6,9,11,13-14H2,1H3,(H,22,24). The highest BCUT2D eigenvalue weighted by molar-refractivity contribution is 5.94. The minimum Gasteiger partial charge on any atom is -0.472 e. The first-order valence-corrected chi connectivity index (χ1v) is 9.33. The quantitative estimate of drug-likeness (QED) is 0.864. The Balaban J connectivity index is 1.55. The lowest BCUT2D eigenvalue weighted by Gasteiger charge is -2.32. The van der Waals surface area contributed by atoms with Gasteiger partial charge in [0.1, 0.15) is 6.26 Å². The molecule has 0 radical (unpaired) electrons. The highest BCUT2D eigenvalue weighted by Gasteiger charge is 2.29. The second kappa shape index (κ2) is 8.70. The molecule has 1 fully saturated rings. The van der Waals surface area contributed by atoms with Gasteiger partial charge in [-0.05, 0) is 30.9 Å². The molecule has 1 aromatic heterocycles. The first-order valence-electron chi connectivity index (χ1n) is 9.33. The normalized spacial score (nSPS) is 18.3. The molecule has 2 aromatic rings. The zero-order valence-electron chi connectivity index (χ0n) is 15.2. The fourth-order valence-corrected chi connectivity index (χ4v) is 3.54. The van der Waals surface area contributed by atoms with Crippen molar-refractivity contribution in [1.82, 2.24) is 10.2 Å². The van der Waals surface area contributed by atoms with E-state index in [1.807, 2.05) is 18.2 Å². The van der Waals surface area contributed by atoms with Crippen LogP contribution in [0.3, 0.4) is 0 Å². The monoisotopic (exact) mass is 354 g/mol. The summed E-state index contributed by atoms with van der Waals surface area (Å²) in [4.78, 5) is 26.9. The minimum absolute atomic E-state index is 0.0454. The summed E-state index contributed by atoms with van der Waals surface area (Å²) in [6.07, 6.45) is 5.59. The molecule has 3 rings (SSSR count). The van der Waals surface area contributed by atoms with Crippen LogP contribution in [0.4, 0.5) is 0 Å². The van der Waals surface area contributed by atoms with Crippen LogP contribution in [0.5, 0.6) is 0 Å². The first-order chi connectivity index (χ1) is 12.7. The molecule has 138 valence electrons. The number of carbonyl (C=O) groups is 2. The third kappa shape index (κ3) is 4.34. The fraction of sp³-hybridized carbons (Fsp3) is 0.429. The molecule has 1 aromatic carbocycles. The van der Waals surface area contributed by atoms with E-state index in [1.165, 1.54) is 18.1 Å². The molecule has 2 heterocycles. The van der Waals surface area contributed by atoms with Gasteiger partial charge in [-0.3, -0.25) is 9.59 Å². The average molecular weight is 354 g/mol. The van der Waals surface area contributed by atoms with Gasteiger partial charge in [-0.25, -0.2) is 0 Å². The first kappa shape index (κ1) is 18.2. The molecule has 1 aliphatic heterocycles. The molecule has 2 atom stereocenters. The molecule has 1 saturated heterocycles. The molecule has 1 aliphatic rings. The Bertz CT molecular complexity index is 712. The predicted octanol–water partition coefficient (Wildman–Crippen LogP) is 3.44. The van der Waals surface area contributed by atoms with Gasteiger partial charge in [-0.15, -0.1) is 0 Å². The van der Waals surface area contributed by atoms with E-state index in [2.05, 4.69) is 24.4 Å². The van der Waals surface area contributed by atoms with Crippen LogP contribution >= 0.6 is 0 Å². The third-order valence-electron chi connectivity index (χ3n) is 5.13. The van der Waals surface area contributed by atoms with Gasteiger partial charge in [-0.1, -0.05) is 37.3 Å². The molecule has 2 amide bonds. The molecule has 0 spiro atoms. The lowest BCUT2D eigenvalue weighted by molar-refractivity contribution is -0.126. The number of furan rings is 1. The van der Waals surface area contributed by atoms with Crippen molar-refractivity contribution in [2.24, 2.45) is 5.92 Å². The van der Waals surface area contributed by atoms with Crippen molar-refractivity contribution in [2.75, 3.05) is 19.6 Å². The maximum Gasteiger partial charge on any atom is 0.257 e. The lowest BCUT2D eigenvalue weighted by Crippen LogP contribution is -2.46. The molecular formula is C21H26N2O3. The Morgan fingerprint density at radius 2 is 2.08 bits per heavy atom. The largest absolute Gasteiger partial charge is 0.472 e. The Morgan fingerprint density at radius 3 is 2.77 bits per heavy atom. The van der Waals surface area contributed by atoms with Gasteiger partial charge in [0.25, 0.3) is 5.91 Å². The van der Waals surface area contributed by atoms with Crippen molar-refractivity contribution in [3.63, 3.8) is 0 Å². The maximum atomic E-state index is 12.6. The SMILES string of the molecule is CCC(CNC(=O)C1CCCN(C(=O)c2ccoc2)C1)c1ccccc1. The summed E-state index contributed by atoms with van der Waals surface area (Å²) in [5, 5.41) is 3.10. The lowest BCUT2D eigenvalue weighted by atomic mass is 9.94.